The third-order valence-corrected chi connectivity index (χ3v) is 1.37. The van der Waals surface area contributed by atoms with E-state index in [1.54, 1.807) is 0 Å². The quantitative estimate of drug-likeness (QED) is 0.457. The molecule has 74 valence electrons. The van der Waals surface area contributed by atoms with Crippen LogP contribution in [0.2, 0.25) is 0 Å². The third-order valence-electron chi connectivity index (χ3n) is 1.37. The van der Waals surface area contributed by atoms with Crippen LogP contribution in [-0.4, -0.2) is 26.4 Å². The van der Waals surface area contributed by atoms with Gasteiger partial charge in [-0.15, -0.1) is 0 Å². The van der Waals surface area contributed by atoms with Crippen molar-refractivity contribution in [2.45, 2.75) is 33.8 Å². The molecule has 0 aromatic carbocycles. The molecule has 0 N–H and O–H groups in total. The van der Waals surface area contributed by atoms with Crippen LogP contribution in [0.25, 0.3) is 0 Å². The van der Waals surface area contributed by atoms with E-state index < -0.39 is 0 Å². The van der Waals surface area contributed by atoms with E-state index in [1.807, 2.05) is 13.8 Å². The number of ether oxygens (including phenoxy) is 1. The minimum absolute atomic E-state index is 0.0142. The monoisotopic (exact) mass is 176 g/mol. The lowest BCUT2D eigenvalue weighted by molar-refractivity contribution is -0.290. The standard InChI is InChI=1S/C9H20O3/c1-8(2)11-6-9(3,4)7-12-10-5/h8H,6-7H2,1-5H3. The summed E-state index contributed by atoms with van der Waals surface area (Å²) in [5.74, 6) is 0. The molecule has 0 rings (SSSR count). The fraction of sp³-hybridized carbons (Fsp3) is 1.00. The summed E-state index contributed by atoms with van der Waals surface area (Å²) in [6, 6.07) is 0. The maximum absolute atomic E-state index is 5.47. The van der Waals surface area contributed by atoms with Gasteiger partial charge in [-0.2, -0.15) is 0 Å². The Hall–Kier alpha value is -0.120. The van der Waals surface area contributed by atoms with Crippen LogP contribution in [0.5, 0.6) is 0 Å². The molecular formula is C9H20O3. The molecule has 0 aliphatic rings. The molecule has 3 heteroatoms. The van der Waals surface area contributed by atoms with Crippen LogP contribution in [0.3, 0.4) is 0 Å². The molecule has 0 saturated carbocycles. The first-order valence-electron chi connectivity index (χ1n) is 4.25. The Morgan fingerprint density at radius 2 is 1.75 bits per heavy atom. The molecule has 0 amide bonds. The molecule has 0 aliphatic heterocycles. The van der Waals surface area contributed by atoms with Crippen molar-refractivity contribution in [3.63, 3.8) is 0 Å². The fourth-order valence-corrected chi connectivity index (χ4v) is 0.652. The Morgan fingerprint density at radius 1 is 1.17 bits per heavy atom. The summed E-state index contributed by atoms with van der Waals surface area (Å²) in [6.45, 7) is 9.44. The predicted octanol–water partition coefficient (Wildman–Crippen LogP) is 2.02. The maximum atomic E-state index is 5.47. The van der Waals surface area contributed by atoms with E-state index in [4.69, 9.17) is 9.62 Å². The van der Waals surface area contributed by atoms with E-state index in [0.29, 0.717) is 13.2 Å². The van der Waals surface area contributed by atoms with Crippen LogP contribution in [0, 0.1) is 5.41 Å². The van der Waals surface area contributed by atoms with Crippen LogP contribution in [0.1, 0.15) is 27.7 Å². The summed E-state index contributed by atoms with van der Waals surface area (Å²) < 4.78 is 5.47. The minimum Gasteiger partial charge on any atom is -0.378 e. The predicted molar refractivity (Wildman–Crippen MR) is 47.8 cm³/mol. The van der Waals surface area contributed by atoms with Crippen molar-refractivity contribution in [1.82, 2.24) is 0 Å². The number of hydrogen-bond acceptors (Lipinski definition) is 3. The first kappa shape index (κ1) is 11.9. The van der Waals surface area contributed by atoms with E-state index in [0.717, 1.165) is 0 Å². The van der Waals surface area contributed by atoms with Gasteiger partial charge in [0.2, 0.25) is 0 Å². The Kier molecular flexibility index (Phi) is 5.46. The van der Waals surface area contributed by atoms with E-state index in [2.05, 4.69) is 18.7 Å². The smallest absolute Gasteiger partial charge is 0.0895 e. The minimum atomic E-state index is 0.0142. The zero-order valence-corrected chi connectivity index (χ0v) is 8.72. The van der Waals surface area contributed by atoms with Gasteiger partial charge < -0.3 is 4.74 Å². The summed E-state index contributed by atoms with van der Waals surface area (Å²) in [5, 5.41) is 0. The topological polar surface area (TPSA) is 27.7 Å². The number of hydrogen-bond donors (Lipinski definition) is 0. The molecule has 12 heavy (non-hydrogen) atoms. The molecule has 0 unspecified atom stereocenters. The van der Waals surface area contributed by atoms with Crippen LogP contribution in [0.15, 0.2) is 0 Å². The SMILES string of the molecule is COOCC(C)(C)COC(C)C. The van der Waals surface area contributed by atoms with Crippen LogP contribution in [0.4, 0.5) is 0 Å². The molecule has 0 saturated heterocycles. The second kappa shape index (κ2) is 5.51. The average molecular weight is 176 g/mol. The van der Waals surface area contributed by atoms with Crippen molar-refractivity contribution >= 4 is 0 Å². The van der Waals surface area contributed by atoms with Gasteiger partial charge in [-0.05, 0) is 13.8 Å². The summed E-state index contributed by atoms with van der Waals surface area (Å²) in [6.07, 6.45) is 0.270. The van der Waals surface area contributed by atoms with Crippen molar-refractivity contribution in [2.75, 3.05) is 20.3 Å². The molecule has 0 spiro atoms. The zero-order valence-electron chi connectivity index (χ0n) is 8.72. The normalized spacial score (nSPS) is 12.5. The Balaban J connectivity index is 3.56. The highest BCUT2D eigenvalue weighted by molar-refractivity contribution is 4.66. The van der Waals surface area contributed by atoms with Crippen molar-refractivity contribution < 1.29 is 14.5 Å². The largest absolute Gasteiger partial charge is 0.378 e. The summed E-state index contributed by atoms with van der Waals surface area (Å²) >= 11 is 0. The zero-order chi connectivity index (χ0) is 9.61. The van der Waals surface area contributed by atoms with Gasteiger partial charge in [0.1, 0.15) is 0 Å². The number of rotatable bonds is 6. The molecule has 0 bridgehead atoms. The van der Waals surface area contributed by atoms with Crippen molar-refractivity contribution in [3.8, 4) is 0 Å². The lowest BCUT2D eigenvalue weighted by Gasteiger charge is -2.24. The van der Waals surface area contributed by atoms with Crippen molar-refractivity contribution in [2.24, 2.45) is 5.41 Å². The maximum Gasteiger partial charge on any atom is 0.0895 e. The lowest BCUT2D eigenvalue weighted by atomic mass is 9.96. The highest BCUT2D eigenvalue weighted by Gasteiger charge is 2.19. The summed E-state index contributed by atoms with van der Waals surface area (Å²) in [7, 11) is 1.51. The Labute approximate surface area is 74.9 Å². The molecule has 0 fully saturated rings. The molecule has 0 radical (unpaired) electrons. The van der Waals surface area contributed by atoms with Crippen molar-refractivity contribution in [3.05, 3.63) is 0 Å². The van der Waals surface area contributed by atoms with Gasteiger partial charge in [0, 0.05) is 5.41 Å². The van der Waals surface area contributed by atoms with Gasteiger partial charge in [-0.1, -0.05) is 13.8 Å². The van der Waals surface area contributed by atoms with E-state index in [9.17, 15) is 0 Å². The lowest BCUT2D eigenvalue weighted by Crippen LogP contribution is -2.27. The first-order chi connectivity index (χ1) is 5.48. The van der Waals surface area contributed by atoms with Crippen LogP contribution < -0.4 is 0 Å². The van der Waals surface area contributed by atoms with Gasteiger partial charge in [-0.3, -0.25) is 0 Å². The average Bonchev–Trinajstić information content (AvgIpc) is 1.98. The summed E-state index contributed by atoms with van der Waals surface area (Å²) in [4.78, 5) is 9.38. The van der Waals surface area contributed by atoms with Gasteiger partial charge in [0.15, 0.2) is 0 Å². The van der Waals surface area contributed by atoms with E-state index in [-0.39, 0.29) is 11.5 Å². The first-order valence-corrected chi connectivity index (χ1v) is 4.25. The highest BCUT2D eigenvalue weighted by Crippen LogP contribution is 2.16. The van der Waals surface area contributed by atoms with E-state index in [1.165, 1.54) is 7.11 Å². The van der Waals surface area contributed by atoms with Gasteiger partial charge in [0.25, 0.3) is 0 Å². The Bertz CT molecular complexity index is 110. The van der Waals surface area contributed by atoms with Gasteiger partial charge >= 0.3 is 0 Å². The molecule has 0 heterocycles. The second-order valence-electron chi connectivity index (χ2n) is 3.95. The molecule has 0 atom stereocenters. The van der Waals surface area contributed by atoms with Crippen LogP contribution >= 0.6 is 0 Å². The molecular weight excluding hydrogens is 156 g/mol. The van der Waals surface area contributed by atoms with Crippen molar-refractivity contribution in [1.29, 1.82) is 0 Å². The van der Waals surface area contributed by atoms with E-state index >= 15 is 0 Å². The second-order valence-corrected chi connectivity index (χ2v) is 3.95. The summed E-state index contributed by atoms with van der Waals surface area (Å²) in [5.41, 5.74) is 0.0142. The highest BCUT2D eigenvalue weighted by atomic mass is 17.2. The third kappa shape index (κ3) is 6.58. The van der Waals surface area contributed by atoms with Gasteiger partial charge in [0.05, 0.1) is 26.4 Å². The Morgan fingerprint density at radius 3 is 2.17 bits per heavy atom. The molecule has 0 aromatic heterocycles. The van der Waals surface area contributed by atoms with Crippen LogP contribution in [-0.2, 0) is 14.5 Å². The fourth-order valence-electron chi connectivity index (χ4n) is 0.652. The molecule has 3 nitrogen and oxygen atoms in total. The molecule has 0 aromatic rings. The van der Waals surface area contributed by atoms with Gasteiger partial charge in [-0.25, -0.2) is 9.78 Å². The molecule has 0 aliphatic carbocycles.